The Kier molecular flexibility index (Phi) is 4.60. The van der Waals surface area contributed by atoms with Crippen LogP contribution in [-0.4, -0.2) is 41.9 Å². The highest BCUT2D eigenvalue weighted by Crippen LogP contribution is 2.24. The van der Waals surface area contributed by atoms with Gasteiger partial charge in [0.25, 0.3) is 14.2 Å². The second-order valence-electron chi connectivity index (χ2n) is 4.47. The third-order valence-electron chi connectivity index (χ3n) is 2.92. The number of hydrogen-bond acceptors (Lipinski definition) is 6. The van der Waals surface area contributed by atoms with Gasteiger partial charge >= 0.3 is 0 Å². The fourth-order valence-electron chi connectivity index (χ4n) is 1.98. The van der Waals surface area contributed by atoms with Crippen LogP contribution in [0.5, 0.6) is 0 Å². The minimum atomic E-state index is -3.99. The van der Waals surface area contributed by atoms with Gasteiger partial charge in [0.1, 0.15) is 0 Å². The number of hydrogen-bond donors (Lipinski definition) is 0. The zero-order chi connectivity index (χ0) is 15.6. The van der Waals surface area contributed by atoms with E-state index in [1.165, 1.54) is 11.7 Å². The second-order valence-corrected chi connectivity index (χ2v) is 6.93. The molecule has 0 aromatic carbocycles. The minimum absolute atomic E-state index is 0.271. The summed E-state index contributed by atoms with van der Waals surface area (Å²) in [5.41, 5.74) is 2.31. The predicted octanol–water partition coefficient (Wildman–Crippen LogP) is 1.53. The second kappa shape index (κ2) is 6.08. The Morgan fingerprint density at radius 1 is 1.29 bits per heavy atom. The van der Waals surface area contributed by atoms with Crippen molar-refractivity contribution < 1.29 is 13.2 Å². The van der Waals surface area contributed by atoms with E-state index in [9.17, 15) is 8.42 Å². The van der Waals surface area contributed by atoms with Gasteiger partial charge in [-0.2, -0.15) is 0 Å². The molecule has 0 bridgehead atoms. The summed E-state index contributed by atoms with van der Waals surface area (Å²) in [7, 11) is 2.94. The van der Waals surface area contributed by atoms with E-state index in [4.69, 9.17) is 15.4 Å². The summed E-state index contributed by atoms with van der Waals surface area (Å²) >= 11 is 0. The van der Waals surface area contributed by atoms with Crippen LogP contribution in [0.25, 0.3) is 11.4 Å². The van der Waals surface area contributed by atoms with Crippen molar-refractivity contribution >= 4 is 19.7 Å². The first-order valence-corrected chi connectivity index (χ1v) is 8.47. The van der Waals surface area contributed by atoms with Crippen molar-refractivity contribution in [2.45, 2.75) is 25.5 Å². The van der Waals surface area contributed by atoms with E-state index in [-0.39, 0.29) is 11.7 Å². The SMILES string of the molecule is COCCn1c(-c2ccc(C)nc2C)nnc1S(=O)(=O)Cl. The fourth-order valence-corrected chi connectivity index (χ4v) is 2.90. The molecule has 9 heteroatoms. The lowest BCUT2D eigenvalue weighted by molar-refractivity contribution is 0.185. The number of nitrogens with zero attached hydrogens (tertiary/aromatic N) is 4. The zero-order valence-corrected chi connectivity index (χ0v) is 13.4. The van der Waals surface area contributed by atoms with Crippen LogP contribution >= 0.6 is 10.7 Å². The lowest BCUT2D eigenvalue weighted by Crippen LogP contribution is -2.12. The fraction of sp³-hybridized carbons (Fsp3) is 0.417. The summed E-state index contributed by atoms with van der Waals surface area (Å²) in [5, 5.41) is 7.34. The molecule has 0 saturated heterocycles. The largest absolute Gasteiger partial charge is 0.383 e. The Morgan fingerprint density at radius 3 is 2.57 bits per heavy atom. The van der Waals surface area contributed by atoms with Crippen LogP contribution in [0.1, 0.15) is 11.4 Å². The average molecular weight is 331 g/mol. The van der Waals surface area contributed by atoms with Crippen LogP contribution in [0.3, 0.4) is 0 Å². The number of rotatable bonds is 5. The van der Waals surface area contributed by atoms with E-state index in [2.05, 4.69) is 15.2 Å². The molecule has 0 atom stereocenters. The first-order chi connectivity index (χ1) is 9.84. The standard InChI is InChI=1S/C12H15ClN4O3S/c1-8-4-5-10(9(2)14-8)11-15-16-12(21(13,18)19)17(11)6-7-20-3/h4-5H,6-7H2,1-3H3. The molecule has 0 spiro atoms. The predicted molar refractivity (Wildman–Crippen MR) is 77.6 cm³/mol. The molecule has 2 aromatic heterocycles. The van der Waals surface area contributed by atoms with Crippen molar-refractivity contribution in [1.82, 2.24) is 19.7 Å². The summed E-state index contributed by atoms with van der Waals surface area (Å²) in [6.45, 7) is 4.28. The Bertz CT molecular complexity index is 758. The maximum atomic E-state index is 11.6. The van der Waals surface area contributed by atoms with Crippen molar-refractivity contribution in [2.24, 2.45) is 0 Å². The van der Waals surface area contributed by atoms with Gasteiger partial charge in [-0.25, -0.2) is 8.42 Å². The van der Waals surface area contributed by atoms with Crippen LogP contribution in [0, 0.1) is 13.8 Å². The maximum absolute atomic E-state index is 11.6. The number of aromatic nitrogens is 4. The maximum Gasteiger partial charge on any atom is 0.296 e. The molecule has 0 amide bonds. The number of ether oxygens (including phenoxy) is 1. The molecule has 7 nitrogen and oxygen atoms in total. The highest BCUT2D eigenvalue weighted by atomic mass is 35.7. The summed E-state index contributed by atoms with van der Waals surface area (Å²) in [4.78, 5) is 4.35. The molecule has 0 saturated carbocycles. The summed E-state index contributed by atoms with van der Waals surface area (Å²) in [5.74, 6) is 0.399. The lowest BCUT2D eigenvalue weighted by atomic mass is 10.1. The molecule has 0 radical (unpaired) electrons. The third-order valence-corrected chi connectivity index (χ3v) is 4.07. The van der Waals surface area contributed by atoms with E-state index >= 15 is 0 Å². The van der Waals surface area contributed by atoms with Gasteiger partial charge in [-0.05, 0) is 26.0 Å². The van der Waals surface area contributed by atoms with E-state index in [0.717, 1.165) is 11.4 Å². The molecule has 0 aliphatic heterocycles. The molecular formula is C12H15ClN4O3S. The zero-order valence-electron chi connectivity index (χ0n) is 11.9. The Balaban J connectivity index is 2.60. The molecule has 0 aliphatic carbocycles. The molecule has 0 aliphatic rings. The Morgan fingerprint density at radius 2 is 2.00 bits per heavy atom. The van der Waals surface area contributed by atoms with Crippen molar-refractivity contribution in [3.05, 3.63) is 23.5 Å². The molecule has 0 fully saturated rings. The van der Waals surface area contributed by atoms with Gasteiger partial charge in [0, 0.05) is 34.7 Å². The van der Waals surface area contributed by atoms with E-state index in [1.54, 1.807) is 0 Å². The quantitative estimate of drug-likeness (QED) is 0.773. The molecule has 2 rings (SSSR count). The molecule has 0 unspecified atom stereocenters. The molecule has 2 heterocycles. The van der Waals surface area contributed by atoms with Crippen LogP contribution in [-0.2, 0) is 20.3 Å². The summed E-state index contributed by atoms with van der Waals surface area (Å²) in [6, 6.07) is 3.65. The smallest absolute Gasteiger partial charge is 0.296 e. The molecule has 21 heavy (non-hydrogen) atoms. The molecule has 0 N–H and O–H groups in total. The Labute approximate surface area is 127 Å². The number of halogens is 1. The minimum Gasteiger partial charge on any atom is -0.383 e. The normalized spacial score (nSPS) is 11.8. The highest BCUT2D eigenvalue weighted by molar-refractivity contribution is 8.13. The van der Waals surface area contributed by atoms with Gasteiger partial charge in [-0.15, -0.1) is 10.2 Å². The van der Waals surface area contributed by atoms with Crippen LogP contribution in [0.2, 0.25) is 0 Å². The number of aryl methyl sites for hydroxylation is 2. The number of pyridine rings is 1. The monoisotopic (exact) mass is 330 g/mol. The first-order valence-electron chi connectivity index (χ1n) is 6.16. The lowest BCUT2D eigenvalue weighted by Gasteiger charge is -2.10. The molecule has 114 valence electrons. The van der Waals surface area contributed by atoms with Crippen LogP contribution in [0.4, 0.5) is 0 Å². The van der Waals surface area contributed by atoms with Gasteiger partial charge in [0.15, 0.2) is 5.82 Å². The van der Waals surface area contributed by atoms with E-state index < -0.39 is 9.05 Å². The Hall–Kier alpha value is -1.51. The average Bonchev–Trinajstić information content (AvgIpc) is 2.79. The van der Waals surface area contributed by atoms with Gasteiger partial charge in [-0.1, -0.05) is 0 Å². The molecule has 2 aromatic rings. The van der Waals surface area contributed by atoms with Gasteiger partial charge in [0.2, 0.25) is 0 Å². The van der Waals surface area contributed by atoms with Gasteiger partial charge < -0.3 is 4.74 Å². The van der Waals surface area contributed by atoms with Crippen LogP contribution < -0.4 is 0 Å². The number of methoxy groups -OCH3 is 1. The third kappa shape index (κ3) is 3.39. The van der Waals surface area contributed by atoms with Crippen molar-refractivity contribution in [3.8, 4) is 11.4 Å². The highest BCUT2D eigenvalue weighted by Gasteiger charge is 2.24. The van der Waals surface area contributed by atoms with E-state index in [0.29, 0.717) is 18.0 Å². The van der Waals surface area contributed by atoms with Crippen molar-refractivity contribution in [3.63, 3.8) is 0 Å². The van der Waals surface area contributed by atoms with Crippen LogP contribution in [0.15, 0.2) is 17.3 Å². The first kappa shape index (κ1) is 15.9. The summed E-state index contributed by atoms with van der Waals surface area (Å²) in [6.07, 6.45) is 0. The topological polar surface area (TPSA) is 87.0 Å². The molecular weight excluding hydrogens is 316 g/mol. The van der Waals surface area contributed by atoms with E-state index in [1.807, 2.05) is 26.0 Å². The van der Waals surface area contributed by atoms with Gasteiger partial charge in [0.05, 0.1) is 13.2 Å². The van der Waals surface area contributed by atoms with Gasteiger partial charge in [-0.3, -0.25) is 9.55 Å². The van der Waals surface area contributed by atoms with Crippen molar-refractivity contribution in [1.29, 1.82) is 0 Å². The summed E-state index contributed by atoms with van der Waals surface area (Å²) < 4.78 is 29.6. The van der Waals surface area contributed by atoms with Crippen molar-refractivity contribution in [2.75, 3.05) is 13.7 Å².